The highest BCUT2D eigenvalue weighted by atomic mass is 32.1. The zero-order chi connectivity index (χ0) is 13.4. The van der Waals surface area contributed by atoms with Gasteiger partial charge >= 0.3 is 0 Å². The van der Waals surface area contributed by atoms with Crippen LogP contribution in [0.4, 0.5) is 0 Å². The summed E-state index contributed by atoms with van der Waals surface area (Å²) in [5.41, 5.74) is 5.11. The van der Waals surface area contributed by atoms with Crippen LogP contribution < -0.4 is 0 Å². The first-order chi connectivity index (χ1) is 9.20. The van der Waals surface area contributed by atoms with E-state index in [1.807, 2.05) is 31.3 Å². The van der Waals surface area contributed by atoms with E-state index in [9.17, 15) is 0 Å². The van der Waals surface area contributed by atoms with Crippen LogP contribution in [0.15, 0.2) is 42.4 Å². The Balaban J connectivity index is 2.28. The van der Waals surface area contributed by atoms with Gasteiger partial charge in [0.1, 0.15) is 0 Å². The fourth-order valence-corrected chi connectivity index (χ4v) is 3.11. The number of nitrogens with zero attached hydrogens (tertiary/aromatic N) is 1. The lowest BCUT2D eigenvalue weighted by molar-refractivity contribution is 1.46. The van der Waals surface area contributed by atoms with E-state index in [-0.39, 0.29) is 0 Å². The number of aromatic amines is 1. The number of hydrogen-bond donors (Lipinski definition) is 1. The molecule has 0 aliphatic carbocycles. The fourth-order valence-electron chi connectivity index (χ4n) is 2.26. The Bertz CT molecular complexity index is 815. The maximum absolute atomic E-state index is 9.03. The van der Waals surface area contributed by atoms with Crippen LogP contribution >= 0.6 is 11.3 Å². The largest absolute Gasteiger partial charge is 0.361 e. The Labute approximate surface area is 115 Å². The van der Waals surface area contributed by atoms with Crippen LogP contribution in [0.5, 0.6) is 0 Å². The third-order valence-electron chi connectivity index (χ3n) is 3.15. The molecule has 19 heavy (non-hydrogen) atoms. The van der Waals surface area contributed by atoms with Crippen molar-refractivity contribution in [1.82, 2.24) is 4.98 Å². The van der Waals surface area contributed by atoms with E-state index in [1.165, 1.54) is 10.4 Å². The van der Waals surface area contributed by atoms with Gasteiger partial charge in [-0.1, -0.05) is 6.58 Å². The van der Waals surface area contributed by atoms with Crippen LogP contribution in [0.3, 0.4) is 0 Å². The molecule has 0 fully saturated rings. The van der Waals surface area contributed by atoms with Crippen molar-refractivity contribution in [2.75, 3.05) is 0 Å². The highest BCUT2D eigenvalue weighted by molar-refractivity contribution is 7.11. The molecule has 0 radical (unpaired) electrons. The molecule has 2 aromatic heterocycles. The van der Waals surface area contributed by atoms with Crippen molar-refractivity contribution in [3.63, 3.8) is 0 Å². The van der Waals surface area contributed by atoms with Gasteiger partial charge in [-0.15, -0.1) is 11.3 Å². The van der Waals surface area contributed by atoms with Gasteiger partial charge in [0.2, 0.25) is 0 Å². The monoisotopic (exact) mass is 264 g/mol. The molecule has 2 heterocycles. The summed E-state index contributed by atoms with van der Waals surface area (Å²) in [6.45, 7) is 6.05. The first kappa shape index (κ1) is 11.8. The minimum absolute atomic E-state index is 0.681. The molecule has 3 aromatic rings. The van der Waals surface area contributed by atoms with Gasteiger partial charge in [-0.25, -0.2) is 0 Å². The zero-order valence-electron chi connectivity index (χ0n) is 10.5. The maximum Gasteiger partial charge on any atom is 0.0991 e. The molecule has 0 atom stereocenters. The zero-order valence-corrected chi connectivity index (χ0v) is 11.3. The number of thiophene rings is 1. The minimum atomic E-state index is 0.681. The van der Waals surface area contributed by atoms with E-state index in [2.05, 4.69) is 29.1 Å². The molecule has 1 aromatic carbocycles. The highest BCUT2D eigenvalue weighted by Crippen LogP contribution is 2.37. The smallest absolute Gasteiger partial charge is 0.0991 e. The standard InChI is InChI=1S/C16H12N2S/c1-10(2)16-12(5-6-19-16)14-9-18-15-4-3-11(8-17)7-13(14)15/h3-7,9,18H,1H2,2H3. The second kappa shape index (κ2) is 4.42. The van der Waals surface area contributed by atoms with Gasteiger partial charge in [0.05, 0.1) is 11.6 Å². The van der Waals surface area contributed by atoms with E-state index in [4.69, 9.17) is 5.26 Å². The molecule has 0 amide bonds. The summed E-state index contributed by atoms with van der Waals surface area (Å²) in [7, 11) is 0. The number of nitrogens with one attached hydrogen (secondary N) is 1. The Morgan fingerprint density at radius 3 is 2.89 bits per heavy atom. The van der Waals surface area contributed by atoms with Crippen molar-refractivity contribution in [2.24, 2.45) is 0 Å². The first-order valence-corrected chi connectivity index (χ1v) is 6.83. The third-order valence-corrected chi connectivity index (χ3v) is 4.23. The summed E-state index contributed by atoms with van der Waals surface area (Å²) in [5, 5.41) is 12.2. The van der Waals surface area contributed by atoms with Crippen molar-refractivity contribution in [3.05, 3.63) is 52.9 Å². The molecule has 0 saturated heterocycles. The van der Waals surface area contributed by atoms with Crippen molar-refractivity contribution >= 4 is 27.8 Å². The summed E-state index contributed by atoms with van der Waals surface area (Å²) in [6, 6.07) is 10.0. The molecule has 0 unspecified atom stereocenters. The van der Waals surface area contributed by atoms with Crippen molar-refractivity contribution in [3.8, 4) is 17.2 Å². The van der Waals surface area contributed by atoms with Crippen LogP contribution in [0, 0.1) is 11.3 Å². The number of aromatic nitrogens is 1. The number of hydrogen-bond acceptors (Lipinski definition) is 2. The van der Waals surface area contributed by atoms with Gasteiger partial charge < -0.3 is 4.98 Å². The summed E-state index contributed by atoms with van der Waals surface area (Å²) < 4.78 is 0. The number of benzene rings is 1. The summed E-state index contributed by atoms with van der Waals surface area (Å²) in [6.07, 6.45) is 2.00. The van der Waals surface area contributed by atoms with Gasteiger partial charge in [-0.3, -0.25) is 0 Å². The Morgan fingerprint density at radius 2 is 2.16 bits per heavy atom. The minimum Gasteiger partial charge on any atom is -0.361 e. The molecule has 92 valence electrons. The lowest BCUT2D eigenvalue weighted by atomic mass is 10.0. The summed E-state index contributed by atoms with van der Waals surface area (Å²) >= 11 is 1.70. The molecule has 0 aliphatic rings. The van der Waals surface area contributed by atoms with Gasteiger partial charge in [0, 0.05) is 33.1 Å². The van der Waals surface area contributed by atoms with Crippen LogP contribution in [0.25, 0.3) is 27.6 Å². The Morgan fingerprint density at radius 1 is 1.32 bits per heavy atom. The number of nitriles is 1. The maximum atomic E-state index is 9.03. The van der Waals surface area contributed by atoms with E-state index >= 15 is 0 Å². The Kier molecular flexibility index (Phi) is 2.73. The van der Waals surface area contributed by atoms with Crippen molar-refractivity contribution in [1.29, 1.82) is 5.26 Å². The lowest BCUT2D eigenvalue weighted by Gasteiger charge is -2.02. The topological polar surface area (TPSA) is 39.6 Å². The molecular formula is C16H12N2S. The first-order valence-electron chi connectivity index (χ1n) is 5.95. The molecule has 3 heteroatoms. The predicted octanol–water partition coefficient (Wildman–Crippen LogP) is 4.80. The fraction of sp³-hybridized carbons (Fsp3) is 0.0625. The number of allylic oxidation sites excluding steroid dienone is 1. The number of rotatable bonds is 2. The lowest BCUT2D eigenvalue weighted by Crippen LogP contribution is -1.79. The molecular weight excluding hydrogens is 252 g/mol. The van der Waals surface area contributed by atoms with Crippen LogP contribution in [0.1, 0.15) is 17.4 Å². The van der Waals surface area contributed by atoms with Crippen LogP contribution in [-0.2, 0) is 0 Å². The third kappa shape index (κ3) is 1.87. The molecule has 2 nitrogen and oxygen atoms in total. The number of H-pyrrole nitrogens is 1. The van der Waals surface area contributed by atoms with E-state index in [1.54, 1.807) is 11.3 Å². The van der Waals surface area contributed by atoms with Crippen LogP contribution in [-0.4, -0.2) is 4.98 Å². The van der Waals surface area contributed by atoms with Crippen LogP contribution in [0.2, 0.25) is 0 Å². The quantitative estimate of drug-likeness (QED) is 0.709. The van der Waals surface area contributed by atoms with E-state index in [0.29, 0.717) is 5.56 Å². The van der Waals surface area contributed by atoms with Gasteiger partial charge in [0.25, 0.3) is 0 Å². The molecule has 0 saturated carbocycles. The van der Waals surface area contributed by atoms with Crippen molar-refractivity contribution in [2.45, 2.75) is 6.92 Å². The van der Waals surface area contributed by atoms with E-state index < -0.39 is 0 Å². The normalized spacial score (nSPS) is 10.5. The highest BCUT2D eigenvalue weighted by Gasteiger charge is 2.12. The summed E-state index contributed by atoms with van der Waals surface area (Å²) in [5.74, 6) is 0. The molecule has 0 spiro atoms. The Hall–Kier alpha value is -2.31. The second-order valence-electron chi connectivity index (χ2n) is 4.52. The van der Waals surface area contributed by atoms with Crippen molar-refractivity contribution < 1.29 is 0 Å². The van der Waals surface area contributed by atoms with Gasteiger partial charge in [-0.2, -0.15) is 5.26 Å². The van der Waals surface area contributed by atoms with E-state index in [0.717, 1.165) is 22.0 Å². The van der Waals surface area contributed by atoms with Gasteiger partial charge in [0.15, 0.2) is 0 Å². The molecule has 1 N–H and O–H groups in total. The number of fused-ring (bicyclic) bond motifs is 1. The average Bonchev–Trinajstić information content (AvgIpc) is 3.03. The molecule has 0 bridgehead atoms. The second-order valence-corrected chi connectivity index (χ2v) is 5.43. The molecule has 3 rings (SSSR count). The predicted molar refractivity (Wildman–Crippen MR) is 81.0 cm³/mol. The van der Waals surface area contributed by atoms with Gasteiger partial charge in [-0.05, 0) is 42.1 Å². The molecule has 0 aliphatic heterocycles. The summed E-state index contributed by atoms with van der Waals surface area (Å²) in [4.78, 5) is 4.46. The average molecular weight is 264 g/mol. The SMILES string of the molecule is C=C(C)c1sccc1-c1c[nH]c2ccc(C#N)cc12.